The van der Waals surface area contributed by atoms with E-state index < -0.39 is 5.97 Å². The highest BCUT2D eigenvalue weighted by Crippen LogP contribution is 2.31. The zero-order valence-electron chi connectivity index (χ0n) is 8.68. The number of hydrogen-bond donors (Lipinski definition) is 1. The van der Waals surface area contributed by atoms with Gasteiger partial charge in [-0.05, 0) is 41.1 Å². The summed E-state index contributed by atoms with van der Waals surface area (Å²) in [6, 6.07) is 4.54. The van der Waals surface area contributed by atoms with Crippen molar-refractivity contribution in [3.05, 3.63) is 34.1 Å². The number of carboxylic acids is 1. The first-order valence-corrected chi connectivity index (χ1v) is 6.14. The molecule has 1 aromatic heterocycles. The summed E-state index contributed by atoms with van der Waals surface area (Å²) in [6.45, 7) is 1.76. The lowest BCUT2D eigenvalue weighted by Gasteiger charge is -2.04. The Morgan fingerprint density at radius 1 is 1.53 bits per heavy atom. The predicted molar refractivity (Wildman–Crippen MR) is 65.8 cm³/mol. The van der Waals surface area contributed by atoms with E-state index in [4.69, 9.17) is 9.84 Å². The number of aryl methyl sites for hydroxylation is 1. The monoisotopic (exact) mass is 314 g/mol. The van der Waals surface area contributed by atoms with E-state index in [0.29, 0.717) is 21.2 Å². The largest absolute Gasteiger partial charge is 0.478 e. The van der Waals surface area contributed by atoms with Gasteiger partial charge in [0.05, 0.1) is 10.0 Å². The van der Waals surface area contributed by atoms with Gasteiger partial charge in [-0.1, -0.05) is 0 Å². The van der Waals surface area contributed by atoms with E-state index in [0.717, 1.165) is 11.5 Å². The van der Waals surface area contributed by atoms with Crippen LogP contribution in [0.5, 0.6) is 10.9 Å². The lowest BCUT2D eigenvalue weighted by molar-refractivity contribution is 0.0696. The van der Waals surface area contributed by atoms with Gasteiger partial charge in [-0.3, -0.25) is 0 Å². The summed E-state index contributed by atoms with van der Waals surface area (Å²) in [4.78, 5) is 14.9. The predicted octanol–water partition coefficient (Wildman–Crippen LogP) is 3.10. The molecule has 88 valence electrons. The Hall–Kier alpha value is -1.47. The fraction of sp³-hybridized carbons (Fsp3) is 0.100. The number of rotatable bonds is 3. The highest BCUT2D eigenvalue weighted by Gasteiger charge is 2.10. The van der Waals surface area contributed by atoms with E-state index in [1.165, 1.54) is 12.1 Å². The maximum atomic E-state index is 10.8. The molecule has 0 saturated heterocycles. The molecule has 0 aliphatic heterocycles. The van der Waals surface area contributed by atoms with Gasteiger partial charge in [0.25, 0.3) is 5.19 Å². The molecule has 0 unspecified atom stereocenters. The summed E-state index contributed by atoms with van der Waals surface area (Å²) < 4.78 is 10.1. The number of benzene rings is 1. The maximum Gasteiger partial charge on any atom is 0.335 e. The lowest BCUT2D eigenvalue weighted by atomic mass is 10.2. The number of carboxylic acid groups (broad SMARTS) is 1. The van der Waals surface area contributed by atoms with Crippen LogP contribution < -0.4 is 4.74 Å². The van der Waals surface area contributed by atoms with Crippen molar-refractivity contribution < 1.29 is 14.6 Å². The molecule has 1 aromatic carbocycles. The summed E-state index contributed by atoms with van der Waals surface area (Å²) in [5, 5.41) is 9.25. The molecular formula is C10H7BrN2O3S. The minimum absolute atomic E-state index is 0.157. The van der Waals surface area contributed by atoms with Crippen LogP contribution in [0.4, 0.5) is 0 Å². The first-order valence-electron chi connectivity index (χ1n) is 4.57. The number of aromatic nitrogens is 2. The molecule has 0 atom stereocenters. The van der Waals surface area contributed by atoms with Gasteiger partial charge in [0.2, 0.25) is 0 Å². The zero-order chi connectivity index (χ0) is 12.4. The van der Waals surface area contributed by atoms with Crippen LogP contribution in [0.3, 0.4) is 0 Å². The number of nitrogens with zero attached hydrogens (tertiary/aromatic N) is 2. The highest BCUT2D eigenvalue weighted by molar-refractivity contribution is 9.10. The van der Waals surface area contributed by atoms with E-state index >= 15 is 0 Å². The van der Waals surface area contributed by atoms with E-state index in [9.17, 15) is 4.79 Å². The van der Waals surface area contributed by atoms with Gasteiger partial charge in [-0.25, -0.2) is 4.79 Å². The van der Waals surface area contributed by atoms with Crippen molar-refractivity contribution in [3.63, 3.8) is 0 Å². The molecule has 0 amide bonds. The van der Waals surface area contributed by atoms with E-state index in [1.807, 2.05) is 0 Å². The molecule has 1 heterocycles. The fourth-order valence-electron chi connectivity index (χ4n) is 1.13. The SMILES string of the molecule is Cc1nsc(Oc2cc(C(=O)O)ccc2Br)n1. The molecule has 0 bridgehead atoms. The van der Waals surface area contributed by atoms with E-state index in [-0.39, 0.29) is 5.56 Å². The molecule has 0 spiro atoms. The van der Waals surface area contributed by atoms with Gasteiger partial charge < -0.3 is 9.84 Å². The third-order valence-corrected chi connectivity index (χ3v) is 3.23. The van der Waals surface area contributed by atoms with Gasteiger partial charge in [-0.15, -0.1) is 0 Å². The van der Waals surface area contributed by atoms with Gasteiger partial charge in [0, 0.05) is 11.5 Å². The van der Waals surface area contributed by atoms with Crippen molar-refractivity contribution in [2.45, 2.75) is 6.92 Å². The second-order valence-corrected chi connectivity index (χ2v) is 4.73. The van der Waals surface area contributed by atoms with Crippen molar-refractivity contribution in [2.75, 3.05) is 0 Å². The van der Waals surface area contributed by atoms with Gasteiger partial charge in [-0.2, -0.15) is 9.36 Å². The molecule has 5 nitrogen and oxygen atoms in total. The Labute approximate surface area is 109 Å². The quantitative estimate of drug-likeness (QED) is 0.942. The van der Waals surface area contributed by atoms with Gasteiger partial charge in [0.15, 0.2) is 0 Å². The Balaban J connectivity index is 2.31. The number of halogens is 1. The van der Waals surface area contributed by atoms with Crippen molar-refractivity contribution >= 4 is 33.4 Å². The molecule has 17 heavy (non-hydrogen) atoms. The smallest absolute Gasteiger partial charge is 0.335 e. The van der Waals surface area contributed by atoms with Crippen LogP contribution in [0.15, 0.2) is 22.7 Å². The first-order chi connectivity index (χ1) is 8.06. The maximum absolute atomic E-state index is 10.8. The normalized spacial score (nSPS) is 10.2. The van der Waals surface area contributed by atoms with Crippen LogP contribution in [0.1, 0.15) is 16.2 Å². The zero-order valence-corrected chi connectivity index (χ0v) is 11.1. The third-order valence-electron chi connectivity index (χ3n) is 1.88. The average molecular weight is 315 g/mol. The summed E-state index contributed by atoms with van der Waals surface area (Å²) in [5.74, 6) is 0.0207. The molecule has 2 aromatic rings. The minimum Gasteiger partial charge on any atom is -0.478 e. The van der Waals surface area contributed by atoms with Crippen LogP contribution in [0.25, 0.3) is 0 Å². The topological polar surface area (TPSA) is 72.3 Å². The molecule has 2 rings (SSSR count). The minimum atomic E-state index is -1.00. The second-order valence-electron chi connectivity index (χ2n) is 3.16. The fourth-order valence-corrected chi connectivity index (χ4v) is 2.01. The van der Waals surface area contributed by atoms with E-state index in [1.54, 1.807) is 13.0 Å². The first kappa shape index (κ1) is 12.0. The van der Waals surface area contributed by atoms with Crippen molar-refractivity contribution in [2.24, 2.45) is 0 Å². The second kappa shape index (κ2) is 4.80. The number of aromatic carboxylic acids is 1. The third kappa shape index (κ3) is 2.80. The molecule has 0 radical (unpaired) electrons. The van der Waals surface area contributed by atoms with Crippen molar-refractivity contribution in [3.8, 4) is 10.9 Å². The van der Waals surface area contributed by atoms with Crippen LogP contribution in [0.2, 0.25) is 0 Å². The van der Waals surface area contributed by atoms with Crippen LogP contribution in [0, 0.1) is 6.92 Å². The molecular weight excluding hydrogens is 308 g/mol. The number of ether oxygens (including phenoxy) is 1. The number of carbonyl (C=O) groups is 1. The Morgan fingerprint density at radius 2 is 2.29 bits per heavy atom. The standard InChI is InChI=1S/C10H7BrN2O3S/c1-5-12-10(17-13-5)16-8-4-6(9(14)15)2-3-7(8)11/h2-4H,1H3,(H,14,15). The molecule has 1 N–H and O–H groups in total. The lowest BCUT2D eigenvalue weighted by Crippen LogP contribution is -1.96. The van der Waals surface area contributed by atoms with Crippen LogP contribution >= 0.6 is 27.5 Å². The van der Waals surface area contributed by atoms with Crippen molar-refractivity contribution in [1.82, 2.24) is 9.36 Å². The van der Waals surface area contributed by atoms with Crippen molar-refractivity contribution in [1.29, 1.82) is 0 Å². The summed E-state index contributed by atoms with van der Waals surface area (Å²) in [5.41, 5.74) is 0.157. The Bertz CT molecular complexity index is 570. The van der Waals surface area contributed by atoms with E-state index in [2.05, 4.69) is 25.3 Å². The van der Waals surface area contributed by atoms with Gasteiger partial charge >= 0.3 is 5.97 Å². The molecule has 0 saturated carbocycles. The average Bonchev–Trinajstić information content (AvgIpc) is 2.67. The Kier molecular flexibility index (Phi) is 3.39. The molecule has 7 heteroatoms. The molecule has 0 aliphatic rings. The summed E-state index contributed by atoms with van der Waals surface area (Å²) in [7, 11) is 0. The number of hydrogen-bond acceptors (Lipinski definition) is 5. The summed E-state index contributed by atoms with van der Waals surface area (Å²) in [6.07, 6.45) is 0. The van der Waals surface area contributed by atoms with Crippen LogP contribution in [-0.4, -0.2) is 20.4 Å². The van der Waals surface area contributed by atoms with Gasteiger partial charge in [0.1, 0.15) is 11.6 Å². The Morgan fingerprint density at radius 3 is 2.88 bits per heavy atom. The summed E-state index contributed by atoms with van der Waals surface area (Å²) >= 11 is 4.40. The molecule has 0 aliphatic carbocycles. The highest BCUT2D eigenvalue weighted by atomic mass is 79.9. The molecule has 0 fully saturated rings. The van der Waals surface area contributed by atoms with Crippen LogP contribution in [-0.2, 0) is 0 Å².